The van der Waals surface area contributed by atoms with Gasteiger partial charge < -0.3 is 9.30 Å². The number of hydrogen-bond donors (Lipinski definition) is 0. The van der Waals surface area contributed by atoms with Crippen molar-refractivity contribution in [3.05, 3.63) is 64.6 Å². The van der Waals surface area contributed by atoms with Gasteiger partial charge in [0.2, 0.25) is 0 Å². The topological polar surface area (TPSA) is 49.1 Å². The Balaban J connectivity index is 1.90. The summed E-state index contributed by atoms with van der Waals surface area (Å²) in [4.78, 5) is 12.8. The fourth-order valence-electron chi connectivity index (χ4n) is 3.95. The number of carbonyl (C=O) groups excluding carboxylic acids is 1. The summed E-state index contributed by atoms with van der Waals surface area (Å²) >= 11 is 0. The summed E-state index contributed by atoms with van der Waals surface area (Å²) < 4.78 is 9.35. The van der Waals surface area contributed by atoms with E-state index in [4.69, 9.17) is 4.74 Å². The highest BCUT2D eigenvalue weighted by Gasteiger charge is 2.31. The minimum atomic E-state index is -0.243. The van der Waals surface area contributed by atoms with Crippen molar-refractivity contribution in [3.63, 3.8) is 0 Å². The molecule has 0 unspecified atom stereocenters. The Morgan fingerprint density at radius 2 is 2.00 bits per heavy atom. The van der Waals surface area contributed by atoms with E-state index in [1.54, 1.807) is 0 Å². The summed E-state index contributed by atoms with van der Waals surface area (Å²) in [7, 11) is 1.94. The predicted octanol–water partition coefficient (Wildman–Crippen LogP) is 3.52. The van der Waals surface area contributed by atoms with E-state index in [-0.39, 0.29) is 5.97 Å². The maximum absolute atomic E-state index is 12.8. The third kappa shape index (κ3) is 2.64. The lowest BCUT2D eigenvalue weighted by Crippen LogP contribution is -2.16. The number of benzene rings is 1. The van der Waals surface area contributed by atoms with Crippen LogP contribution in [0.4, 0.5) is 0 Å². The molecule has 5 heteroatoms. The highest BCUT2D eigenvalue weighted by molar-refractivity contribution is 5.94. The monoisotopic (exact) mass is 349 g/mol. The number of hydrogen-bond acceptors (Lipinski definition) is 3. The van der Waals surface area contributed by atoms with Gasteiger partial charge in [0.15, 0.2) is 0 Å². The zero-order chi connectivity index (χ0) is 18.3. The molecule has 3 aromatic rings. The Bertz CT molecular complexity index is 967. The number of fused-ring (bicyclic) bond motifs is 3. The van der Waals surface area contributed by atoms with Crippen molar-refractivity contribution in [2.24, 2.45) is 7.05 Å². The van der Waals surface area contributed by atoms with Crippen LogP contribution in [0.5, 0.6) is 0 Å². The lowest BCUT2D eigenvalue weighted by Gasteiger charge is -2.13. The Kier molecular flexibility index (Phi) is 4.15. The van der Waals surface area contributed by atoms with Crippen molar-refractivity contribution in [1.29, 1.82) is 0 Å². The minimum absolute atomic E-state index is 0.243. The molecule has 2 heterocycles. The lowest BCUT2D eigenvalue weighted by atomic mass is 9.91. The number of aromatic nitrogens is 3. The van der Waals surface area contributed by atoms with Gasteiger partial charge in [-0.1, -0.05) is 30.3 Å². The van der Waals surface area contributed by atoms with Gasteiger partial charge in [0.05, 0.1) is 12.3 Å². The standard InChI is InChI=1S/C21H23N3O2/c1-4-26-21(25)20-17-11-10-16-13-23(3)22-19(16)18(17)14(2)24(20)12-15-8-6-5-7-9-15/h5-9,13H,4,10-12H2,1-3H3. The molecule has 0 N–H and O–H groups in total. The Morgan fingerprint density at radius 3 is 2.73 bits per heavy atom. The maximum Gasteiger partial charge on any atom is 0.355 e. The van der Waals surface area contributed by atoms with Crippen molar-refractivity contribution >= 4 is 5.97 Å². The van der Waals surface area contributed by atoms with Crippen LogP contribution >= 0.6 is 0 Å². The van der Waals surface area contributed by atoms with Crippen LogP contribution in [-0.4, -0.2) is 26.9 Å². The highest BCUT2D eigenvalue weighted by atomic mass is 16.5. The summed E-state index contributed by atoms with van der Waals surface area (Å²) in [5, 5.41) is 4.67. The molecule has 2 aromatic heterocycles. The molecule has 0 atom stereocenters. The molecule has 5 nitrogen and oxygen atoms in total. The normalized spacial score (nSPS) is 12.6. The largest absolute Gasteiger partial charge is 0.461 e. The molecule has 26 heavy (non-hydrogen) atoms. The summed E-state index contributed by atoms with van der Waals surface area (Å²) in [6, 6.07) is 10.2. The van der Waals surface area contributed by atoms with Crippen LogP contribution < -0.4 is 0 Å². The number of carbonyl (C=O) groups is 1. The Hall–Kier alpha value is -2.82. The first-order valence-electron chi connectivity index (χ1n) is 9.06. The van der Waals surface area contributed by atoms with Gasteiger partial charge in [0.25, 0.3) is 0 Å². The highest BCUT2D eigenvalue weighted by Crippen LogP contribution is 2.39. The minimum Gasteiger partial charge on any atom is -0.461 e. The third-order valence-electron chi connectivity index (χ3n) is 5.06. The van der Waals surface area contributed by atoms with Gasteiger partial charge in [0.1, 0.15) is 5.69 Å². The van der Waals surface area contributed by atoms with E-state index in [0.29, 0.717) is 18.8 Å². The lowest BCUT2D eigenvalue weighted by molar-refractivity contribution is 0.0512. The maximum atomic E-state index is 12.8. The smallest absolute Gasteiger partial charge is 0.355 e. The van der Waals surface area contributed by atoms with E-state index < -0.39 is 0 Å². The third-order valence-corrected chi connectivity index (χ3v) is 5.06. The molecule has 0 amide bonds. The summed E-state index contributed by atoms with van der Waals surface area (Å²) in [6.45, 7) is 4.95. The quantitative estimate of drug-likeness (QED) is 0.677. The van der Waals surface area contributed by atoms with Gasteiger partial charge in [-0.15, -0.1) is 0 Å². The van der Waals surface area contributed by atoms with Crippen LogP contribution in [-0.2, 0) is 31.2 Å². The first kappa shape index (κ1) is 16.6. The molecule has 4 rings (SSSR count). The molecular weight excluding hydrogens is 326 g/mol. The van der Waals surface area contributed by atoms with E-state index in [2.05, 4.69) is 34.9 Å². The molecule has 0 aliphatic heterocycles. The molecule has 1 aliphatic carbocycles. The summed E-state index contributed by atoms with van der Waals surface area (Å²) in [6.07, 6.45) is 3.82. The zero-order valence-corrected chi connectivity index (χ0v) is 15.5. The van der Waals surface area contributed by atoms with Crippen LogP contribution in [0.2, 0.25) is 0 Å². The predicted molar refractivity (Wildman–Crippen MR) is 100 cm³/mol. The van der Waals surface area contributed by atoms with E-state index in [1.165, 1.54) is 5.56 Å². The number of esters is 1. The second kappa shape index (κ2) is 6.48. The van der Waals surface area contributed by atoms with Crippen LogP contribution in [0.3, 0.4) is 0 Å². The van der Waals surface area contributed by atoms with Gasteiger partial charge in [-0.2, -0.15) is 5.10 Å². The van der Waals surface area contributed by atoms with Gasteiger partial charge in [-0.05, 0) is 43.4 Å². The van der Waals surface area contributed by atoms with E-state index in [0.717, 1.165) is 40.9 Å². The van der Waals surface area contributed by atoms with Crippen LogP contribution in [0, 0.1) is 6.92 Å². The summed E-state index contributed by atoms with van der Waals surface area (Å²) in [5.41, 5.74) is 7.34. The van der Waals surface area contributed by atoms with Crippen molar-refractivity contribution in [2.75, 3.05) is 6.61 Å². The molecule has 0 spiro atoms. The van der Waals surface area contributed by atoms with Crippen molar-refractivity contribution < 1.29 is 9.53 Å². The first-order chi connectivity index (χ1) is 12.6. The Morgan fingerprint density at radius 1 is 1.23 bits per heavy atom. The molecule has 0 bridgehead atoms. The average Bonchev–Trinajstić information content (AvgIpc) is 3.13. The van der Waals surface area contributed by atoms with Crippen molar-refractivity contribution in [1.82, 2.24) is 14.3 Å². The molecular formula is C21H23N3O2. The van der Waals surface area contributed by atoms with E-state index in [1.807, 2.05) is 36.9 Å². The van der Waals surface area contributed by atoms with Crippen molar-refractivity contribution in [2.45, 2.75) is 33.2 Å². The van der Waals surface area contributed by atoms with Crippen LogP contribution in [0.1, 0.15) is 39.8 Å². The number of ether oxygens (including phenoxy) is 1. The van der Waals surface area contributed by atoms with Crippen LogP contribution in [0.25, 0.3) is 11.3 Å². The van der Waals surface area contributed by atoms with Crippen LogP contribution in [0.15, 0.2) is 36.5 Å². The van der Waals surface area contributed by atoms with Gasteiger partial charge in [0, 0.05) is 31.0 Å². The van der Waals surface area contributed by atoms with Gasteiger partial charge >= 0.3 is 5.97 Å². The molecule has 1 aromatic carbocycles. The number of rotatable bonds is 4. The number of aryl methyl sites for hydroxylation is 2. The van der Waals surface area contributed by atoms with E-state index in [9.17, 15) is 4.79 Å². The Labute approximate surface area is 153 Å². The molecule has 0 fully saturated rings. The first-order valence-corrected chi connectivity index (χ1v) is 9.06. The van der Waals surface area contributed by atoms with Crippen molar-refractivity contribution in [3.8, 4) is 11.3 Å². The van der Waals surface area contributed by atoms with Gasteiger partial charge in [-0.25, -0.2) is 4.79 Å². The number of nitrogens with zero attached hydrogens (tertiary/aromatic N) is 3. The molecule has 1 aliphatic rings. The molecule has 0 saturated heterocycles. The average molecular weight is 349 g/mol. The molecule has 0 radical (unpaired) electrons. The fourth-order valence-corrected chi connectivity index (χ4v) is 3.95. The molecule has 134 valence electrons. The second-order valence-corrected chi connectivity index (χ2v) is 6.76. The zero-order valence-electron chi connectivity index (χ0n) is 15.5. The fraction of sp³-hybridized carbons (Fsp3) is 0.333. The van der Waals surface area contributed by atoms with E-state index >= 15 is 0 Å². The summed E-state index contributed by atoms with van der Waals surface area (Å²) in [5.74, 6) is -0.243. The SMILES string of the molecule is CCOC(=O)c1c2c(c(C)n1Cc1ccccc1)-c1nn(C)cc1CC2. The van der Waals surface area contributed by atoms with Gasteiger partial charge in [-0.3, -0.25) is 4.68 Å². The second-order valence-electron chi connectivity index (χ2n) is 6.76. The molecule has 0 saturated carbocycles.